The van der Waals surface area contributed by atoms with Gasteiger partial charge in [0, 0.05) is 12.1 Å². The predicted octanol–water partition coefficient (Wildman–Crippen LogP) is 4.22. The van der Waals surface area contributed by atoms with E-state index in [0.717, 1.165) is 11.1 Å². The minimum Gasteiger partial charge on any atom is -0.465 e. The number of imide groups is 1. The average Bonchev–Trinajstić information content (AvgIpc) is 3.00. The summed E-state index contributed by atoms with van der Waals surface area (Å²) in [5, 5.41) is 11.2. The Morgan fingerprint density at radius 1 is 0.871 bits per heavy atom. The SMILES string of the molecule is O=C(O)Nc1ccc(C2(Cc3ccccc3)CC(=O)N(Cc3ccccc3)C2=O)cc1. The quantitative estimate of drug-likeness (QED) is 0.592. The van der Waals surface area contributed by atoms with Crippen LogP contribution >= 0.6 is 0 Å². The Balaban J connectivity index is 1.71. The van der Waals surface area contributed by atoms with Crippen LogP contribution in [0.25, 0.3) is 0 Å². The smallest absolute Gasteiger partial charge is 0.409 e. The molecule has 4 rings (SSSR count). The first-order chi connectivity index (χ1) is 15.0. The van der Waals surface area contributed by atoms with E-state index in [-0.39, 0.29) is 24.8 Å². The van der Waals surface area contributed by atoms with Crippen LogP contribution < -0.4 is 5.32 Å². The Labute approximate surface area is 180 Å². The van der Waals surface area contributed by atoms with Crippen molar-refractivity contribution >= 4 is 23.6 Å². The summed E-state index contributed by atoms with van der Waals surface area (Å²) >= 11 is 0. The van der Waals surface area contributed by atoms with E-state index in [1.807, 2.05) is 60.7 Å². The molecule has 1 saturated heterocycles. The molecule has 0 spiro atoms. The van der Waals surface area contributed by atoms with Gasteiger partial charge in [0.15, 0.2) is 0 Å². The Kier molecular flexibility index (Phi) is 5.54. The van der Waals surface area contributed by atoms with Crippen molar-refractivity contribution in [2.24, 2.45) is 0 Å². The van der Waals surface area contributed by atoms with Gasteiger partial charge in [-0.15, -0.1) is 0 Å². The maximum Gasteiger partial charge on any atom is 0.409 e. The van der Waals surface area contributed by atoms with Gasteiger partial charge in [0.25, 0.3) is 0 Å². The molecule has 0 saturated carbocycles. The molecule has 0 aliphatic carbocycles. The minimum absolute atomic E-state index is 0.0687. The van der Waals surface area contributed by atoms with Gasteiger partial charge in [0.2, 0.25) is 11.8 Å². The normalized spacial score (nSPS) is 18.3. The van der Waals surface area contributed by atoms with Crippen molar-refractivity contribution in [3.8, 4) is 0 Å². The summed E-state index contributed by atoms with van der Waals surface area (Å²) < 4.78 is 0. The highest BCUT2D eigenvalue weighted by Crippen LogP contribution is 2.40. The number of nitrogens with one attached hydrogen (secondary N) is 1. The molecule has 6 nitrogen and oxygen atoms in total. The van der Waals surface area contributed by atoms with Crippen molar-refractivity contribution in [2.75, 3.05) is 5.32 Å². The van der Waals surface area contributed by atoms with Crippen LogP contribution in [0.4, 0.5) is 10.5 Å². The second kappa shape index (κ2) is 8.44. The molecule has 0 bridgehead atoms. The lowest BCUT2D eigenvalue weighted by Crippen LogP contribution is -2.40. The Morgan fingerprint density at radius 2 is 1.45 bits per heavy atom. The van der Waals surface area contributed by atoms with Gasteiger partial charge in [0.05, 0.1) is 12.0 Å². The molecule has 1 fully saturated rings. The summed E-state index contributed by atoms with van der Waals surface area (Å²) in [5.41, 5.74) is 1.92. The highest BCUT2D eigenvalue weighted by atomic mass is 16.4. The van der Waals surface area contributed by atoms with Gasteiger partial charge < -0.3 is 5.11 Å². The molecule has 2 N–H and O–H groups in total. The summed E-state index contributed by atoms with van der Waals surface area (Å²) in [7, 11) is 0. The van der Waals surface area contributed by atoms with Gasteiger partial charge in [0.1, 0.15) is 0 Å². The van der Waals surface area contributed by atoms with Crippen LogP contribution in [0, 0.1) is 0 Å². The lowest BCUT2D eigenvalue weighted by atomic mass is 9.74. The van der Waals surface area contributed by atoms with Crippen molar-refractivity contribution in [3.05, 3.63) is 102 Å². The van der Waals surface area contributed by atoms with Gasteiger partial charge in [-0.2, -0.15) is 0 Å². The molecule has 1 aliphatic heterocycles. The van der Waals surface area contributed by atoms with Crippen molar-refractivity contribution in [1.82, 2.24) is 4.90 Å². The summed E-state index contributed by atoms with van der Waals surface area (Å²) in [6.07, 6.45) is -0.706. The van der Waals surface area contributed by atoms with E-state index in [9.17, 15) is 14.4 Å². The third-order valence-corrected chi connectivity index (χ3v) is 5.63. The molecule has 3 amide bonds. The number of hydrogen-bond donors (Lipinski definition) is 2. The fourth-order valence-corrected chi connectivity index (χ4v) is 4.13. The van der Waals surface area contributed by atoms with Crippen molar-refractivity contribution in [3.63, 3.8) is 0 Å². The van der Waals surface area contributed by atoms with E-state index in [4.69, 9.17) is 5.11 Å². The van der Waals surface area contributed by atoms with Gasteiger partial charge in [-0.05, 0) is 35.2 Å². The molecule has 6 heteroatoms. The van der Waals surface area contributed by atoms with Gasteiger partial charge in [-0.3, -0.25) is 19.8 Å². The second-order valence-corrected chi connectivity index (χ2v) is 7.70. The highest BCUT2D eigenvalue weighted by molar-refractivity contribution is 6.09. The number of rotatable bonds is 6. The summed E-state index contributed by atoms with van der Waals surface area (Å²) in [4.78, 5) is 38.9. The number of amides is 3. The number of nitrogens with zero attached hydrogens (tertiary/aromatic N) is 1. The fraction of sp³-hybridized carbons (Fsp3) is 0.160. The van der Waals surface area contributed by atoms with Crippen LogP contribution in [0.1, 0.15) is 23.1 Å². The Morgan fingerprint density at radius 3 is 2.03 bits per heavy atom. The van der Waals surface area contributed by atoms with Crippen molar-refractivity contribution in [1.29, 1.82) is 0 Å². The molecule has 0 aromatic heterocycles. The van der Waals surface area contributed by atoms with Crippen LogP contribution in [0.3, 0.4) is 0 Å². The number of carboxylic acid groups (broad SMARTS) is 1. The second-order valence-electron chi connectivity index (χ2n) is 7.70. The van der Waals surface area contributed by atoms with E-state index < -0.39 is 11.5 Å². The van der Waals surface area contributed by atoms with Gasteiger partial charge >= 0.3 is 6.09 Å². The summed E-state index contributed by atoms with van der Waals surface area (Å²) in [5.74, 6) is -0.443. The highest BCUT2D eigenvalue weighted by Gasteiger charge is 2.52. The van der Waals surface area contributed by atoms with Gasteiger partial charge in [-0.1, -0.05) is 72.8 Å². The monoisotopic (exact) mass is 414 g/mol. The van der Waals surface area contributed by atoms with E-state index in [2.05, 4.69) is 5.32 Å². The Bertz CT molecular complexity index is 1100. The lowest BCUT2D eigenvalue weighted by Gasteiger charge is -2.28. The number of hydrogen-bond acceptors (Lipinski definition) is 3. The molecule has 0 radical (unpaired) electrons. The molecular weight excluding hydrogens is 392 g/mol. The average molecular weight is 414 g/mol. The van der Waals surface area contributed by atoms with Crippen LogP contribution in [0.5, 0.6) is 0 Å². The number of carbonyl (C=O) groups excluding carboxylic acids is 2. The number of carbonyl (C=O) groups is 3. The van der Waals surface area contributed by atoms with Crippen LogP contribution in [0.15, 0.2) is 84.9 Å². The van der Waals surface area contributed by atoms with Crippen molar-refractivity contribution in [2.45, 2.75) is 24.8 Å². The van der Waals surface area contributed by atoms with E-state index in [1.165, 1.54) is 4.90 Å². The van der Waals surface area contributed by atoms with Crippen LogP contribution in [0.2, 0.25) is 0 Å². The van der Waals surface area contributed by atoms with E-state index >= 15 is 0 Å². The number of likely N-dealkylation sites (tertiary alicyclic amines) is 1. The Hall–Kier alpha value is -3.93. The standard InChI is InChI=1S/C25H22N2O4/c28-22-16-25(15-18-7-3-1-4-8-18,20-11-13-21(14-12-20)26-24(30)31)23(29)27(22)17-19-9-5-2-6-10-19/h1-14,26H,15-17H2,(H,30,31). The van der Waals surface area contributed by atoms with E-state index in [0.29, 0.717) is 17.7 Å². The summed E-state index contributed by atoms with van der Waals surface area (Å²) in [6, 6.07) is 25.7. The molecule has 156 valence electrons. The molecule has 3 aromatic carbocycles. The largest absolute Gasteiger partial charge is 0.465 e. The maximum atomic E-state index is 13.7. The molecular formula is C25H22N2O4. The molecule has 1 atom stereocenters. The third-order valence-electron chi connectivity index (χ3n) is 5.63. The first-order valence-corrected chi connectivity index (χ1v) is 10.0. The minimum atomic E-state index is -1.16. The zero-order valence-corrected chi connectivity index (χ0v) is 16.8. The van der Waals surface area contributed by atoms with Crippen LogP contribution in [-0.4, -0.2) is 27.9 Å². The number of anilines is 1. The molecule has 31 heavy (non-hydrogen) atoms. The molecule has 1 heterocycles. The maximum absolute atomic E-state index is 13.7. The van der Waals surface area contributed by atoms with Crippen LogP contribution in [-0.2, 0) is 28.0 Å². The topological polar surface area (TPSA) is 86.7 Å². The fourth-order valence-electron chi connectivity index (χ4n) is 4.13. The number of benzene rings is 3. The zero-order valence-electron chi connectivity index (χ0n) is 16.8. The molecule has 1 aliphatic rings. The first kappa shape index (κ1) is 20.3. The van der Waals surface area contributed by atoms with Gasteiger partial charge in [-0.25, -0.2) is 4.79 Å². The summed E-state index contributed by atoms with van der Waals surface area (Å²) in [6.45, 7) is 0.230. The molecule has 1 unspecified atom stereocenters. The zero-order chi connectivity index (χ0) is 21.8. The third kappa shape index (κ3) is 4.19. The van der Waals surface area contributed by atoms with Crippen molar-refractivity contribution < 1.29 is 19.5 Å². The first-order valence-electron chi connectivity index (χ1n) is 10.0. The lowest BCUT2D eigenvalue weighted by molar-refractivity contribution is -0.140. The predicted molar refractivity (Wildman–Crippen MR) is 117 cm³/mol. The van der Waals surface area contributed by atoms with E-state index in [1.54, 1.807) is 24.3 Å². The molecule has 3 aromatic rings.